The van der Waals surface area contributed by atoms with Gasteiger partial charge in [0.15, 0.2) is 6.61 Å². The van der Waals surface area contributed by atoms with Crippen molar-refractivity contribution in [3.63, 3.8) is 0 Å². The maximum atomic E-state index is 11.7. The fraction of sp³-hybridized carbons (Fsp3) is 0.125. The lowest BCUT2D eigenvalue weighted by Gasteiger charge is -2.07. The highest BCUT2D eigenvalue weighted by Crippen LogP contribution is 2.22. The lowest BCUT2D eigenvalue weighted by molar-refractivity contribution is -0.123. The third-order valence-electron chi connectivity index (χ3n) is 2.87. The van der Waals surface area contributed by atoms with Crippen LogP contribution in [0.4, 0.5) is 5.69 Å². The summed E-state index contributed by atoms with van der Waals surface area (Å²) in [5.74, 6) is 0.0910. The summed E-state index contributed by atoms with van der Waals surface area (Å²) < 4.78 is 5.32. The molecule has 2 aromatic carbocycles. The molecule has 5 nitrogen and oxygen atoms in total. The van der Waals surface area contributed by atoms with Crippen molar-refractivity contribution in [1.29, 1.82) is 0 Å². The number of carbonyl (C=O) groups excluding carboxylic acids is 1. The molecular formula is C16H16ClN3O2. The molecule has 0 aliphatic heterocycles. The van der Waals surface area contributed by atoms with E-state index in [1.165, 1.54) is 0 Å². The number of nitrogens with one attached hydrogen (secondary N) is 1. The van der Waals surface area contributed by atoms with Gasteiger partial charge in [-0.3, -0.25) is 4.79 Å². The van der Waals surface area contributed by atoms with Gasteiger partial charge in [0.25, 0.3) is 5.91 Å². The van der Waals surface area contributed by atoms with Crippen LogP contribution in [0.5, 0.6) is 5.75 Å². The highest BCUT2D eigenvalue weighted by atomic mass is 35.5. The van der Waals surface area contributed by atoms with Crippen LogP contribution in [0.25, 0.3) is 0 Å². The molecule has 0 heterocycles. The normalized spacial score (nSPS) is 11.1. The van der Waals surface area contributed by atoms with E-state index in [1.54, 1.807) is 43.3 Å². The third-order valence-corrected chi connectivity index (χ3v) is 3.18. The van der Waals surface area contributed by atoms with Crippen molar-refractivity contribution in [1.82, 2.24) is 5.43 Å². The van der Waals surface area contributed by atoms with E-state index in [9.17, 15) is 4.79 Å². The molecule has 114 valence electrons. The number of para-hydroxylation sites is 1. The fourth-order valence-electron chi connectivity index (χ4n) is 1.67. The van der Waals surface area contributed by atoms with Gasteiger partial charge in [-0.2, -0.15) is 5.10 Å². The number of ether oxygens (including phenoxy) is 1. The summed E-state index contributed by atoms with van der Waals surface area (Å²) in [5.41, 5.74) is 10.3. The monoisotopic (exact) mass is 317 g/mol. The Kier molecular flexibility index (Phi) is 5.38. The Morgan fingerprint density at radius 1 is 1.23 bits per heavy atom. The van der Waals surface area contributed by atoms with Gasteiger partial charge in [-0.25, -0.2) is 5.43 Å². The first kappa shape index (κ1) is 15.9. The number of anilines is 1. The van der Waals surface area contributed by atoms with Crippen LogP contribution in [-0.4, -0.2) is 18.2 Å². The number of benzene rings is 2. The minimum absolute atomic E-state index is 0.164. The van der Waals surface area contributed by atoms with Crippen molar-refractivity contribution >= 4 is 28.9 Å². The first-order valence-corrected chi connectivity index (χ1v) is 7.00. The van der Waals surface area contributed by atoms with E-state index in [1.807, 2.05) is 12.1 Å². The molecule has 0 aliphatic carbocycles. The van der Waals surface area contributed by atoms with Crippen molar-refractivity contribution in [2.24, 2.45) is 5.10 Å². The summed E-state index contributed by atoms with van der Waals surface area (Å²) in [6.45, 7) is 1.63. The molecule has 2 aromatic rings. The van der Waals surface area contributed by atoms with Crippen molar-refractivity contribution < 1.29 is 9.53 Å². The van der Waals surface area contributed by atoms with E-state index in [0.29, 0.717) is 22.2 Å². The molecule has 0 radical (unpaired) electrons. The number of nitrogens with two attached hydrogens (primary N) is 1. The van der Waals surface area contributed by atoms with E-state index >= 15 is 0 Å². The zero-order valence-corrected chi connectivity index (χ0v) is 12.8. The molecule has 0 saturated heterocycles. The summed E-state index contributed by atoms with van der Waals surface area (Å²) in [4.78, 5) is 11.7. The Bertz CT molecular complexity index is 684. The number of amides is 1. The zero-order valence-electron chi connectivity index (χ0n) is 12.0. The molecule has 0 aliphatic rings. The lowest BCUT2D eigenvalue weighted by atomic mass is 10.1. The number of rotatable bonds is 5. The highest BCUT2D eigenvalue weighted by molar-refractivity contribution is 6.32. The molecule has 22 heavy (non-hydrogen) atoms. The molecule has 3 N–H and O–H groups in total. The minimum atomic E-state index is -0.366. The Morgan fingerprint density at radius 3 is 2.59 bits per heavy atom. The Hall–Kier alpha value is -2.53. The molecule has 0 saturated carbocycles. The SMILES string of the molecule is CC(=NNC(=O)COc1ccccc1Cl)c1ccc(N)cc1. The highest BCUT2D eigenvalue weighted by Gasteiger charge is 2.05. The summed E-state index contributed by atoms with van der Waals surface area (Å²) in [6, 6.07) is 14.2. The number of hydrogen-bond donors (Lipinski definition) is 2. The van der Waals surface area contributed by atoms with Crippen LogP contribution in [0.15, 0.2) is 53.6 Å². The van der Waals surface area contributed by atoms with Crippen molar-refractivity contribution in [2.75, 3.05) is 12.3 Å². The second kappa shape index (κ2) is 7.47. The van der Waals surface area contributed by atoms with E-state index in [4.69, 9.17) is 22.1 Å². The van der Waals surface area contributed by atoms with Gasteiger partial charge in [0, 0.05) is 5.69 Å². The predicted octanol–water partition coefficient (Wildman–Crippen LogP) is 2.84. The standard InChI is InChI=1S/C16H16ClN3O2/c1-11(12-6-8-13(18)9-7-12)19-20-16(21)10-22-15-5-3-2-4-14(15)17/h2-9H,10,18H2,1H3,(H,20,21). The Labute approximate surface area is 133 Å². The topological polar surface area (TPSA) is 76.7 Å². The van der Waals surface area contributed by atoms with E-state index in [2.05, 4.69) is 10.5 Å². The first-order chi connectivity index (χ1) is 10.6. The number of nitrogen functional groups attached to an aromatic ring is 1. The van der Waals surface area contributed by atoms with Crippen molar-refractivity contribution in [3.05, 3.63) is 59.1 Å². The van der Waals surface area contributed by atoms with Gasteiger partial charge in [-0.15, -0.1) is 0 Å². The maximum absolute atomic E-state index is 11.7. The number of halogens is 1. The van der Waals surface area contributed by atoms with Gasteiger partial charge in [-0.1, -0.05) is 35.9 Å². The molecule has 0 fully saturated rings. The van der Waals surface area contributed by atoms with Crippen LogP contribution in [-0.2, 0) is 4.79 Å². The van der Waals surface area contributed by atoms with Crippen LogP contribution in [0.3, 0.4) is 0 Å². The van der Waals surface area contributed by atoms with Crippen molar-refractivity contribution in [2.45, 2.75) is 6.92 Å². The van der Waals surface area contributed by atoms with Gasteiger partial charge in [-0.05, 0) is 36.8 Å². The average Bonchev–Trinajstić information content (AvgIpc) is 2.52. The molecule has 0 bridgehead atoms. The minimum Gasteiger partial charge on any atom is -0.482 e. The molecule has 0 atom stereocenters. The van der Waals surface area contributed by atoms with Gasteiger partial charge < -0.3 is 10.5 Å². The molecule has 0 unspecified atom stereocenters. The van der Waals surface area contributed by atoms with Crippen LogP contribution in [0.2, 0.25) is 5.02 Å². The van der Waals surface area contributed by atoms with Gasteiger partial charge in [0.2, 0.25) is 0 Å². The smallest absolute Gasteiger partial charge is 0.277 e. The van der Waals surface area contributed by atoms with Gasteiger partial charge in [0.05, 0.1) is 10.7 Å². The molecule has 0 spiro atoms. The second-order valence-corrected chi connectivity index (χ2v) is 4.98. The number of nitrogens with zero attached hydrogens (tertiary/aromatic N) is 1. The van der Waals surface area contributed by atoms with Crippen LogP contribution in [0.1, 0.15) is 12.5 Å². The fourth-order valence-corrected chi connectivity index (χ4v) is 1.86. The number of hydrogen-bond acceptors (Lipinski definition) is 4. The van der Waals surface area contributed by atoms with E-state index < -0.39 is 0 Å². The third kappa shape index (κ3) is 4.49. The van der Waals surface area contributed by atoms with Crippen molar-refractivity contribution in [3.8, 4) is 5.75 Å². The Balaban J connectivity index is 1.88. The number of hydrazone groups is 1. The summed E-state index contributed by atoms with van der Waals surface area (Å²) in [7, 11) is 0. The van der Waals surface area contributed by atoms with Crippen LogP contribution >= 0.6 is 11.6 Å². The molecule has 0 aromatic heterocycles. The Morgan fingerprint density at radius 2 is 1.91 bits per heavy atom. The number of carbonyl (C=O) groups is 1. The predicted molar refractivity (Wildman–Crippen MR) is 88.2 cm³/mol. The largest absolute Gasteiger partial charge is 0.482 e. The van der Waals surface area contributed by atoms with Crippen LogP contribution in [0, 0.1) is 0 Å². The summed E-state index contributed by atoms with van der Waals surface area (Å²) in [5, 5.41) is 4.48. The summed E-state index contributed by atoms with van der Waals surface area (Å²) >= 11 is 5.93. The first-order valence-electron chi connectivity index (χ1n) is 6.62. The quantitative estimate of drug-likeness (QED) is 0.506. The van der Waals surface area contributed by atoms with Gasteiger partial charge in [0.1, 0.15) is 5.75 Å². The van der Waals surface area contributed by atoms with Gasteiger partial charge >= 0.3 is 0 Å². The lowest BCUT2D eigenvalue weighted by Crippen LogP contribution is -2.25. The maximum Gasteiger partial charge on any atom is 0.277 e. The molecular weight excluding hydrogens is 302 g/mol. The van der Waals surface area contributed by atoms with E-state index in [-0.39, 0.29) is 12.5 Å². The van der Waals surface area contributed by atoms with Crippen LogP contribution < -0.4 is 15.9 Å². The molecule has 1 amide bonds. The second-order valence-electron chi connectivity index (χ2n) is 4.57. The zero-order chi connectivity index (χ0) is 15.9. The molecule has 6 heteroatoms. The summed E-state index contributed by atoms with van der Waals surface area (Å²) in [6.07, 6.45) is 0. The molecule has 2 rings (SSSR count). The average molecular weight is 318 g/mol. The van der Waals surface area contributed by atoms with E-state index in [0.717, 1.165) is 5.56 Å².